The van der Waals surface area contributed by atoms with Crippen molar-refractivity contribution in [2.45, 2.75) is 6.42 Å². The fourth-order valence-electron chi connectivity index (χ4n) is 2.30. The smallest absolute Gasteiger partial charge is 0.0653 e. The minimum atomic E-state index is 0.746. The third-order valence-corrected chi connectivity index (χ3v) is 3.33. The molecule has 18 heavy (non-hydrogen) atoms. The highest BCUT2D eigenvalue weighted by Gasteiger charge is 2.06. The molecule has 0 amide bonds. The van der Waals surface area contributed by atoms with Crippen LogP contribution in [0.2, 0.25) is 0 Å². The molecule has 90 valence electrons. The Morgan fingerprint density at radius 2 is 1.39 bits per heavy atom. The molecule has 0 bridgehead atoms. The van der Waals surface area contributed by atoms with Gasteiger partial charge in [0.25, 0.3) is 0 Å². The molecule has 0 N–H and O–H groups in total. The van der Waals surface area contributed by atoms with Crippen molar-refractivity contribution in [3.8, 4) is 11.1 Å². The summed E-state index contributed by atoms with van der Waals surface area (Å²) in [5.41, 5.74) is 5.26. The topological polar surface area (TPSA) is 9.23 Å². The van der Waals surface area contributed by atoms with E-state index in [4.69, 9.17) is 4.74 Å². The first-order valence-electron chi connectivity index (χ1n) is 6.36. The summed E-state index contributed by atoms with van der Waals surface area (Å²) in [6.07, 6.45) is 3.20. The molecule has 2 aromatic carbocycles. The van der Waals surface area contributed by atoms with E-state index >= 15 is 0 Å². The van der Waals surface area contributed by atoms with E-state index in [1.54, 1.807) is 0 Å². The van der Waals surface area contributed by atoms with Crippen LogP contribution in [-0.2, 0) is 4.74 Å². The molecule has 0 aliphatic carbocycles. The van der Waals surface area contributed by atoms with Gasteiger partial charge in [0.05, 0.1) is 13.2 Å². The van der Waals surface area contributed by atoms with Gasteiger partial charge in [-0.3, -0.25) is 0 Å². The Labute approximate surface area is 108 Å². The van der Waals surface area contributed by atoms with E-state index < -0.39 is 0 Å². The minimum absolute atomic E-state index is 0.746. The molecule has 3 rings (SSSR count). The lowest BCUT2D eigenvalue weighted by molar-refractivity contribution is 0.161. The summed E-state index contributed by atoms with van der Waals surface area (Å²) in [5.74, 6) is 0. The molecule has 2 aromatic rings. The molecule has 1 aliphatic rings. The Morgan fingerprint density at radius 3 is 2.06 bits per heavy atom. The Bertz CT molecular complexity index is 538. The number of hydrogen-bond donors (Lipinski definition) is 0. The molecule has 1 nitrogen and oxygen atoms in total. The zero-order valence-electron chi connectivity index (χ0n) is 10.3. The molecule has 0 aromatic heterocycles. The van der Waals surface area contributed by atoms with Crippen LogP contribution in [0.5, 0.6) is 0 Å². The van der Waals surface area contributed by atoms with E-state index in [2.05, 4.69) is 54.6 Å². The van der Waals surface area contributed by atoms with Gasteiger partial charge in [-0.15, -0.1) is 0 Å². The monoisotopic (exact) mass is 236 g/mol. The highest BCUT2D eigenvalue weighted by molar-refractivity contribution is 5.70. The molecule has 0 unspecified atom stereocenters. The van der Waals surface area contributed by atoms with Crippen LogP contribution in [0.3, 0.4) is 0 Å². The van der Waals surface area contributed by atoms with Gasteiger partial charge in [-0.25, -0.2) is 0 Å². The second-order valence-corrected chi connectivity index (χ2v) is 4.50. The van der Waals surface area contributed by atoms with Gasteiger partial charge in [-0.2, -0.15) is 0 Å². The van der Waals surface area contributed by atoms with Crippen LogP contribution in [0.4, 0.5) is 0 Å². The van der Waals surface area contributed by atoms with Crippen molar-refractivity contribution in [2.24, 2.45) is 0 Å². The molecule has 0 radical (unpaired) electrons. The highest BCUT2D eigenvalue weighted by Crippen LogP contribution is 2.25. The normalized spacial score (nSPS) is 15.2. The number of ether oxygens (including phenoxy) is 1. The SMILES string of the molecule is C1=C(c2ccc(-c3ccccc3)cc2)CCOC1. The van der Waals surface area contributed by atoms with Gasteiger partial charge < -0.3 is 4.74 Å². The number of benzene rings is 2. The van der Waals surface area contributed by atoms with Crippen LogP contribution in [0.15, 0.2) is 60.7 Å². The molecular weight excluding hydrogens is 220 g/mol. The van der Waals surface area contributed by atoms with Gasteiger partial charge >= 0.3 is 0 Å². The molecule has 0 spiro atoms. The van der Waals surface area contributed by atoms with Gasteiger partial charge in [-0.05, 0) is 28.7 Å². The van der Waals surface area contributed by atoms with E-state index in [1.807, 2.05) is 6.07 Å². The maximum Gasteiger partial charge on any atom is 0.0653 e. The van der Waals surface area contributed by atoms with E-state index in [9.17, 15) is 0 Å². The summed E-state index contributed by atoms with van der Waals surface area (Å²) in [6, 6.07) is 19.3. The maximum absolute atomic E-state index is 5.34. The number of rotatable bonds is 2. The summed E-state index contributed by atoms with van der Waals surface area (Å²) >= 11 is 0. The average Bonchev–Trinajstić information content (AvgIpc) is 2.49. The fourth-order valence-corrected chi connectivity index (χ4v) is 2.30. The summed E-state index contributed by atoms with van der Waals surface area (Å²) in [5, 5.41) is 0. The second-order valence-electron chi connectivity index (χ2n) is 4.50. The highest BCUT2D eigenvalue weighted by atomic mass is 16.5. The first-order valence-corrected chi connectivity index (χ1v) is 6.36. The maximum atomic E-state index is 5.34. The lowest BCUT2D eigenvalue weighted by atomic mass is 9.98. The standard InChI is InChI=1S/C17H16O/c1-2-4-14(5-3-1)15-6-8-16(9-7-15)17-10-12-18-13-11-17/h1-10H,11-13H2. The van der Waals surface area contributed by atoms with Crippen LogP contribution in [0.25, 0.3) is 16.7 Å². The fraction of sp³-hybridized carbons (Fsp3) is 0.176. The van der Waals surface area contributed by atoms with Gasteiger partial charge in [0.1, 0.15) is 0 Å². The van der Waals surface area contributed by atoms with Crippen molar-refractivity contribution in [1.29, 1.82) is 0 Å². The van der Waals surface area contributed by atoms with Crippen molar-refractivity contribution >= 4 is 5.57 Å². The zero-order chi connectivity index (χ0) is 12.2. The molecule has 0 saturated carbocycles. The van der Waals surface area contributed by atoms with Gasteiger partial charge in [0, 0.05) is 0 Å². The van der Waals surface area contributed by atoms with E-state index in [0.717, 1.165) is 19.6 Å². The predicted octanol–water partition coefficient (Wildman–Crippen LogP) is 4.16. The summed E-state index contributed by atoms with van der Waals surface area (Å²) in [4.78, 5) is 0. The molecule has 0 saturated heterocycles. The van der Waals surface area contributed by atoms with Crippen molar-refractivity contribution in [1.82, 2.24) is 0 Å². The van der Waals surface area contributed by atoms with Gasteiger partial charge in [-0.1, -0.05) is 60.7 Å². The first-order chi connectivity index (χ1) is 8.93. The Morgan fingerprint density at radius 1 is 0.722 bits per heavy atom. The third kappa shape index (κ3) is 2.36. The Kier molecular flexibility index (Phi) is 3.24. The molecule has 0 fully saturated rings. The van der Waals surface area contributed by atoms with Crippen LogP contribution in [0.1, 0.15) is 12.0 Å². The predicted molar refractivity (Wildman–Crippen MR) is 75.3 cm³/mol. The zero-order valence-corrected chi connectivity index (χ0v) is 10.3. The van der Waals surface area contributed by atoms with Crippen LogP contribution in [0, 0.1) is 0 Å². The molecule has 1 heterocycles. The molecule has 1 aliphatic heterocycles. The van der Waals surface area contributed by atoms with Crippen LogP contribution >= 0.6 is 0 Å². The average molecular weight is 236 g/mol. The van der Waals surface area contributed by atoms with E-state index in [0.29, 0.717) is 0 Å². The van der Waals surface area contributed by atoms with Crippen molar-refractivity contribution in [3.05, 3.63) is 66.2 Å². The van der Waals surface area contributed by atoms with Crippen molar-refractivity contribution in [2.75, 3.05) is 13.2 Å². The minimum Gasteiger partial charge on any atom is -0.377 e. The van der Waals surface area contributed by atoms with Crippen LogP contribution < -0.4 is 0 Å². The Balaban J connectivity index is 1.87. The van der Waals surface area contributed by atoms with E-state index in [-0.39, 0.29) is 0 Å². The van der Waals surface area contributed by atoms with Crippen molar-refractivity contribution in [3.63, 3.8) is 0 Å². The van der Waals surface area contributed by atoms with E-state index in [1.165, 1.54) is 22.3 Å². The summed E-state index contributed by atoms with van der Waals surface area (Å²) < 4.78 is 5.34. The summed E-state index contributed by atoms with van der Waals surface area (Å²) in [7, 11) is 0. The lowest BCUT2D eigenvalue weighted by Crippen LogP contribution is -2.03. The van der Waals surface area contributed by atoms with Gasteiger partial charge in [0.15, 0.2) is 0 Å². The number of hydrogen-bond acceptors (Lipinski definition) is 1. The van der Waals surface area contributed by atoms with Crippen molar-refractivity contribution < 1.29 is 4.74 Å². The molecule has 1 heteroatoms. The second kappa shape index (κ2) is 5.19. The quantitative estimate of drug-likeness (QED) is 0.760. The third-order valence-electron chi connectivity index (χ3n) is 3.33. The first kappa shape index (κ1) is 11.2. The molecule has 0 atom stereocenters. The van der Waals surface area contributed by atoms with Crippen LogP contribution in [-0.4, -0.2) is 13.2 Å². The largest absolute Gasteiger partial charge is 0.377 e. The van der Waals surface area contributed by atoms with Gasteiger partial charge in [0.2, 0.25) is 0 Å². The lowest BCUT2D eigenvalue weighted by Gasteiger charge is -2.14. The molecular formula is C17H16O. The Hall–Kier alpha value is -1.86. The summed E-state index contributed by atoms with van der Waals surface area (Å²) in [6.45, 7) is 1.59.